The van der Waals surface area contributed by atoms with E-state index in [9.17, 15) is 0 Å². The Hall–Kier alpha value is -0.0800. The van der Waals surface area contributed by atoms with Gasteiger partial charge in [-0.1, -0.05) is 20.3 Å². The summed E-state index contributed by atoms with van der Waals surface area (Å²) in [6.45, 7) is 5.92. The van der Waals surface area contributed by atoms with Gasteiger partial charge in [0.15, 0.2) is 0 Å². The highest BCUT2D eigenvalue weighted by molar-refractivity contribution is 4.88. The van der Waals surface area contributed by atoms with Crippen LogP contribution in [0.25, 0.3) is 0 Å². The summed E-state index contributed by atoms with van der Waals surface area (Å²) in [5.74, 6) is 0.906. The predicted octanol–water partition coefficient (Wildman–Crippen LogP) is 2.49. The Kier molecular flexibility index (Phi) is 5.62. The van der Waals surface area contributed by atoms with Gasteiger partial charge in [-0.15, -0.1) is 0 Å². The summed E-state index contributed by atoms with van der Waals surface area (Å²) in [5, 5.41) is 3.49. The van der Waals surface area contributed by atoms with Crippen LogP contribution >= 0.6 is 0 Å². The van der Waals surface area contributed by atoms with Crippen molar-refractivity contribution in [2.75, 3.05) is 20.6 Å². The molecule has 0 aliphatic heterocycles. The van der Waals surface area contributed by atoms with Crippen LogP contribution in [0.5, 0.6) is 0 Å². The van der Waals surface area contributed by atoms with Gasteiger partial charge in [0, 0.05) is 12.1 Å². The summed E-state index contributed by atoms with van der Waals surface area (Å²) in [6, 6.07) is 1.47. The first kappa shape index (κ1) is 13.0. The molecule has 1 saturated carbocycles. The molecule has 15 heavy (non-hydrogen) atoms. The zero-order valence-corrected chi connectivity index (χ0v) is 10.9. The third-order valence-electron chi connectivity index (χ3n) is 3.88. The molecule has 0 spiro atoms. The second-order valence-corrected chi connectivity index (χ2v) is 5.21. The predicted molar refractivity (Wildman–Crippen MR) is 67.2 cm³/mol. The van der Waals surface area contributed by atoms with Crippen molar-refractivity contribution in [1.82, 2.24) is 10.2 Å². The Bertz CT molecular complexity index is 170. The van der Waals surface area contributed by atoms with E-state index in [1.165, 1.54) is 38.6 Å². The van der Waals surface area contributed by atoms with E-state index >= 15 is 0 Å². The van der Waals surface area contributed by atoms with Crippen LogP contribution in [0.15, 0.2) is 0 Å². The number of unbranched alkanes of at least 4 members (excludes halogenated alkanes) is 1. The van der Waals surface area contributed by atoms with Crippen LogP contribution in [0.4, 0.5) is 0 Å². The lowest BCUT2D eigenvalue weighted by Crippen LogP contribution is -2.51. The Morgan fingerprint density at radius 2 is 2.07 bits per heavy atom. The molecular formula is C13H28N2. The zero-order chi connectivity index (χ0) is 11.3. The van der Waals surface area contributed by atoms with Crippen molar-refractivity contribution < 1.29 is 0 Å². The first-order valence-corrected chi connectivity index (χ1v) is 6.56. The zero-order valence-electron chi connectivity index (χ0n) is 10.9. The molecule has 0 saturated heterocycles. The number of hydrogen-bond acceptors (Lipinski definition) is 2. The molecule has 1 aliphatic rings. The molecule has 0 aromatic carbocycles. The molecule has 0 amide bonds. The summed E-state index contributed by atoms with van der Waals surface area (Å²) in [4.78, 5) is 2.57. The van der Waals surface area contributed by atoms with Crippen molar-refractivity contribution in [3.05, 3.63) is 0 Å². The molecule has 1 rings (SSSR count). The quantitative estimate of drug-likeness (QED) is 0.753. The summed E-state index contributed by atoms with van der Waals surface area (Å²) in [5.41, 5.74) is 0. The highest BCUT2D eigenvalue weighted by atomic mass is 15.2. The van der Waals surface area contributed by atoms with Crippen molar-refractivity contribution in [2.45, 2.75) is 58.0 Å². The molecule has 0 radical (unpaired) electrons. The van der Waals surface area contributed by atoms with Crippen LogP contribution in [0.2, 0.25) is 0 Å². The maximum Gasteiger partial charge on any atom is 0.0248 e. The van der Waals surface area contributed by atoms with Gasteiger partial charge in [0.25, 0.3) is 0 Å². The van der Waals surface area contributed by atoms with Crippen LogP contribution in [-0.2, 0) is 0 Å². The standard InChI is InChI=1S/C13H28N2/c1-5-6-9-15(4)13-10-11(2)7-8-12(13)14-3/h11-14H,5-10H2,1-4H3. The van der Waals surface area contributed by atoms with Crippen molar-refractivity contribution >= 4 is 0 Å². The fourth-order valence-corrected chi connectivity index (χ4v) is 2.75. The minimum atomic E-state index is 0.711. The molecule has 1 N–H and O–H groups in total. The fourth-order valence-electron chi connectivity index (χ4n) is 2.75. The van der Waals surface area contributed by atoms with Crippen molar-refractivity contribution in [1.29, 1.82) is 0 Å². The molecule has 1 fully saturated rings. The highest BCUT2D eigenvalue weighted by Crippen LogP contribution is 2.27. The first-order valence-electron chi connectivity index (χ1n) is 6.56. The molecule has 0 aromatic heterocycles. The lowest BCUT2D eigenvalue weighted by molar-refractivity contribution is 0.127. The molecule has 90 valence electrons. The van der Waals surface area contributed by atoms with Gasteiger partial charge in [0.05, 0.1) is 0 Å². The minimum Gasteiger partial charge on any atom is -0.315 e. The molecule has 0 aromatic rings. The normalized spacial score (nSPS) is 32.2. The Morgan fingerprint density at radius 3 is 2.67 bits per heavy atom. The molecule has 3 unspecified atom stereocenters. The largest absolute Gasteiger partial charge is 0.315 e. The number of nitrogens with one attached hydrogen (secondary N) is 1. The van der Waals surface area contributed by atoms with Gasteiger partial charge in [0.2, 0.25) is 0 Å². The van der Waals surface area contributed by atoms with Crippen LogP contribution < -0.4 is 5.32 Å². The Morgan fingerprint density at radius 1 is 1.33 bits per heavy atom. The summed E-state index contributed by atoms with van der Waals surface area (Å²) in [6.07, 6.45) is 6.74. The number of rotatable bonds is 5. The lowest BCUT2D eigenvalue weighted by Gasteiger charge is -2.40. The molecule has 2 nitrogen and oxygen atoms in total. The van der Waals surface area contributed by atoms with Gasteiger partial charge in [-0.05, 0) is 52.2 Å². The van der Waals surface area contributed by atoms with E-state index in [0.29, 0.717) is 6.04 Å². The third kappa shape index (κ3) is 3.76. The first-order chi connectivity index (χ1) is 7.19. The minimum absolute atomic E-state index is 0.711. The molecule has 0 bridgehead atoms. The lowest BCUT2D eigenvalue weighted by atomic mass is 9.82. The van der Waals surface area contributed by atoms with Crippen LogP contribution in [0, 0.1) is 5.92 Å². The van der Waals surface area contributed by atoms with Crippen LogP contribution in [0.3, 0.4) is 0 Å². The maximum absolute atomic E-state index is 3.49. The number of nitrogens with zero attached hydrogens (tertiary/aromatic N) is 1. The van der Waals surface area contributed by atoms with E-state index in [1.807, 2.05) is 0 Å². The molecular weight excluding hydrogens is 184 g/mol. The second kappa shape index (κ2) is 6.49. The number of likely N-dealkylation sites (N-methyl/N-ethyl adjacent to an activating group) is 2. The van der Waals surface area contributed by atoms with Crippen molar-refractivity contribution in [3.63, 3.8) is 0 Å². The van der Waals surface area contributed by atoms with E-state index in [0.717, 1.165) is 12.0 Å². The van der Waals surface area contributed by atoms with E-state index in [-0.39, 0.29) is 0 Å². The fraction of sp³-hybridized carbons (Fsp3) is 1.00. The van der Waals surface area contributed by atoms with Crippen molar-refractivity contribution in [3.8, 4) is 0 Å². The SMILES string of the molecule is CCCCN(C)C1CC(C)CCC1NC. The maximum atomic E-state index is 3.49. The third-order valence-corrected chi connectivity index (χ3v) is 3.88. The smallest absolute Gasteiger partial charge is 0.0248 e. The van der Waals surface area contributed by atoms with Gasteiger partial charge in [-0.2, -0.15) is 0 Å². The van der Waals surface area contributed by atoms with E-state index < -0.39 is 0 Å². The van der Waals surface area contributed by atoms with Gasteiger partial charge < -0.3 is 10.2 Å². The molecule has 1 aliphatic carbocycles. The van der Waals surface area contributed by atoms with E-state index in [2.05, 4.69) is 38.2 Å². The van der Waals surface area contributed by atoms with E-state index in [1.54, 1.807) is 0 Å². The molecule has 2 heteroatoms. The van der Waals surface area contributed by atoms with Gasteiger partial charge >= 0.3 is 0 Å². The summed E-state index contributed by atoms with van der Waals surface area (Å²) in [7, 11) is 4.41. The number of hydrogen-bond donors (Lipinski definition) is 1. The Balaban J connectivity index is 2.46. The van der Waals surface area contributed by atoms with Crippen molar-refractivity contribution in [2.24, 2.45) is 5.92 Å². The van der Waals surface area contributed by atoms with Crippen LogP contribution in [-0.4, -0.2) is 37.6 Å². The second-order valence-electron chi connectivity index (χ2n) is 5.21. The van der Waals surface area contributed by atoms with Gasteiger partial charge in [0.1, 0.15) is 0 Å². The molecule has 0 heterocycles. The van der Waals surface area contributed by atoms with Gasteiger partial charge in [-0.3, -0.25) is 0 Å². The average molecular weight is 212 g/mol. The summed E-state index contributed by atoms with van der Waals surface area (Å²) < 4.78 is 0. The topological polar surface area (TPSA) is 15.3 Å². The van der Waals surface area contributed by atoms with E-state index in [4.69, 9.17) is 0 Å². The highest BCUT2D eigenvalue weighted by Gasteiger charge is 2.29. The van der Waals surface area contributed by atoms with Crippen LogP contribution in [0.1, 0.15) is 46.0 Å². The summed E-state index contributed by atoms with van der Waals surface area (Å²) >= 11 is 0. The average Bonchev–Trinajstić information content (AvgIpc) is 2.25. The molecule has 3 atom stereocenters. The monoisotopic (exact) mass is 212 g/mol. The Labute approximate surface area is 95.4 Å². The van der Waals surface area contributed by atoms with Gasteiger partial charge in [-0.25, -0.2) is 0 Å².